The van der Waals surface area contributed by atoms with Gasteiger partial charge in [0.1, 0.15) is 0 Å². The van der Waals surface area contributed by atoms with Crippen LogP contribution >= 0.6 is 23.7 Å². The normalized spacial score (nSPS) is 4.50. The van der Waals surface area contributed by atoms with Crippen molar-refractivity contribution in [3.63, 3.8) is 0 Å². The molecule has 1 nitrogen and oxygen atoms in total. The Morgan fingerprint density at radius 3 is 1.25 bits per heavy atom. The van der Waals surface area contributed by atoms with Crippen LogP contribution in [0.5, 0.6) is 0 Å². The Hall–Kier alpha value is 1.28. The van der Waals surface area contributed by atoms with E-state index in [0.717, 1.165) is 0 Å². The van der Waals surface area contributed by atoms with Crippen LogP contribution in [0.4, 0.5) is 0 Å². The summed E-state index contributed by atoms with van der Waals surface area (Å²) in [6, 6.07) is 0. The van der Waals surface area contributed by atoms with Crippen LogP contribution in [0.3, 0.4) is 0 Å². The molecule has 0 spiro atoms. The molecule has 0 fully saturated rings. The minimum Gasteiger partial charge on any atom is -0.166 e. The Bertz CT molecular complexity index is 6.00. The topological polar surface area (TPSA) is 9.23 Å². The molecule has 0 unspecified atom stereocenters. The van der Waals surface area contributed by atoms with Crippen LogP contribution in [0.25, 0.3) is 0 Å². The van der Waals surface area contributed by atoms with E-state index in [-0.39, 0.29) is 22.4 Å². The largest absolute Gasteiger partial charge is 0.166 e. The van der Waals surface area contributed by atoms with Crippen LogP contribution in [0.2, 0.25) is 0 Å². The van der Waals surface area contributed by atoms with Gasteiger partial charge in [-0.05, 0) is 0 Å². The summed E-state index contributed by atoms with van der Waals surface area (Å²) < 4.78 is 3.19. The third kappa shape index (κ3) is 10.4. The van der Waals surface area contributed by atoms with Crippen molar-refractivity contribution in [1.82, 2.24) is 0 Å². The first-order valence-corrected chi connectivity index (χ1v) is 0.926. The molecule has 0 amide bonds. The molecule has 0 aromatic carbocycles. The summed E-state index contributed by atoms with van der Waals surface area (Å²) in [7, 11) is 0. The molecule has 0 aromatic heterocycles. The number of rotatable bonds is 0. The summed E-state index contributed by atoms with van der Waals surface area (Å²) >= 11 is 8.53. The predicted octanol–water partition coefficient (Wildman–Crippen LogP) is 1.31. The van der Waals surface area contributed by atoms with Crippen molar-refractivity contribution in [2.24, 2.45) is 0 Å². The number of hydrogen-bond acceptors (Lipinski definition) is 1. The van der Waals surface area contributed by atoms with E-state index in [9.17, 15) is 0 Å². The van der Waals surface area contributed by atoms with Crippen molar-refractivity contribution in [3.8, 4) is 0 Å². The molecule has 0 atom stereocenters. The van der Waals surface area contributed by atoms with Crippen molar-refractivity contribution in [1.29, 1.82) is 0 Å². The zero-order chi connectivity index (χ0) is 2.71. The molecule has 0 bridgehead atoms. The molecule has 0 aromatic rings. The maximum absolute atomic E-state index is 4.26. The van der Waals surface area contributed by atoms with Crippen LogP contribution in [0.1, 0.15) is 0 Å². The van der Waals surface area contributed by atoms with Crippen LogP contribution in [0.15, 0.2) is 0 Å². The van der Waals surface area contributed by atoms with E-state index in [0.29, 0.717) is 0 Å². The Kier molecular flexibility index (Phi) is 19.9. The molecule has 4 heteroatoms. The fraction of sp³-hybridized carbons (Fsp3) is 0. The molecule has 0 heterocycles. The van der Waals surface area contributed by atoms with Gasteiger partial charge >= 0.3 is 0 Å². The number of hydrogen-bond donors (Lipinski definition) is 0. The zero-order valence-corrected chi connectivity index (χ0v) is 4.46. The standard InChI is InChI=1S/Ag.Cl2O/c;1-3-2. The fourth-order valence-electron chi connectivity index (χ4n) is 0. The van der Waals surface area contributed by atoms with Gasteiger partial charge < -0.3 is 0 Å². The van der Waals surface area contributed by atoms with Crippen LogP contribution in [0, 0.1) is 0 Å². The molecular formula is AgCl2O. The van der Waals surface area contributed by atoms with Crippen molar-refractivity contribution in [2.75, 3.05) is 0 Å². The second kappa shape index (κ2) is 8.86. The molecule has 0 aliphatic rings. The van der Waals surface area contributed by atoms with Gasteiger partial charge in [0.05, 0.1) is 23.7 Å². The van der Waals surface area contributed by atoms with E-state index in [2.05, 4.69) is 27.6 Å². The summed E-state index contributed by atoms with van der Waals surface area (Å²) in [4.78, 5) is 0. The first kappa shape index (κ1) is 8.99. The zero-order valence-electron chi connectivity index (χ0n) is 1.47. The third-order valence-corrected chi connectivity index (χ3v) is 0. The van der Waals surface area contributed by atoms with E-state index in [4.69, 9.17) is 0 Å². The molecule has 31 valence electrons. The summed E-state index contributed by atoms with van der Waals surface area (Å²) in [5.41, 5.74) is 0. The second-order valence-corrected chi connectivity index (χ2v) is 0.525. The number of halogens is 2. The maximum Gasteiger partial charge on any atom is 0.0832 e. The van der Waals surface area contributed by atoms with Crippen LogP contribution in [-0.4, -0.2) is 0 Å². The minimum atomic E-state index is 0. The molecule has 0 saturated heterocycles. The van der Waals surface area contributed by atoms with Gasteiger partial charge in [0.25, 0.3) is 0 Å². The van der Waals surface area contributed by atoms with Gasteiger partial charge in [0.15, 0.2) is 0 Å². The molecule has 4 heavy (non-hydrogen) atoms. The van der Waals surface area contributed by atoms with Crippen molar-refractivity contribution < 1.29 is 26.2 Å². The van der Waals surface area contributed by atoms with E-state index < -0.39 is 0 Å². The molecule has 0 aliphatic heterocycles. The van der Waals surface area contributed by atoms with E-state index >= 15 is 0 Å². The molecule has 1 radical (unpaired) electrons. The van der Waals surface area contributed by atoms with Gasteiger partial charge in [-0.15, -0.1) is 0 Å². The summed E-state index contributed by atoms with van der Waals surface area (Å²) in [5, 5.41) is 0. The van der Waals surface area contributed by atoms with Crippen LogP contribution < -0.4 is 0 Å². The Labute approximate surface area is 50.1 Å². The average Bonchev–Trinajstić information content (AvgIpc) is 0.918. The molecular weight excluding hydrogens is 195 g/mol. The molecule has 0 aliphatic carbocycles. The van der Waals surface area contributed by atoms with Crippen LogP contribution in [-0.2, 0) is 26.2 Å². The monoisotopic (exact) mass is 193 g/mol. The SMILES string of the molecule is ClOCl.[Ag]. The van der Waals surface area contributed by atoms with E-state index in [1.165, 1.54) is 0 Å². The van der Waals surface area contributed by atoms with Gasteiger partial charge in [-0.25, -0.2) is 0 Å². The maximum atomic E-state index is 4.26. The van der Waals surface area contributed by atoms with Gasteiger partial charge in [-0.2, -0.15) is 3.84 Å². The third-order valence-electron chi connectivity index (χ3n) is 0. The van der Waals surface area contributed by atoms with Crippen molar-refractivity contribution in [2.45, 2.75) is 0 Å². The summed E-state index contributed by atoms with van der Waals surface area (Å²) in [5.74, 6) is 0. The first-order valence-electron chi connectivity index (χ1n) is 0.309. The van der Waals surface area contributed by atoms with E-state index in [1.54, 1.807) is 0 Å². The van der Waals surface area contributed by atoms with Gasteiger partial charge in [0.2, 0.25) is 0 Å². The van der Waals surface area contributed by atoms with Crippen molar-refractivity contribution in [3.05, 3.63) is 0 Å². The fourth-order valence-corrected chi connectivity index (χ4v) is 0. The van der Waals surface area contributed by atoms with Gasteiger partial charge in [0, 0.05) is 22.4 Å². The predicted molar refractivity (Wildman–Crippen MR) is 12.8 cm³/mol. The average molecular weight is 195 g/mol. The Morgan fingerprint density at radius 1 is 1.25 bits per heavy atom. The molecule has 0 saturated carbocycles. The van der Waals surface area contributed by atoms with Crippen molar-refractivity contribution >= 4 is 23.7 Å². The second-order valence-electron chi connectivity index (χ2n) is 0.0583. The Balaban J connectivity index is 0. The molecule has 0 N–H and O–H groups in total. The van der Waals surface area contributed by atoms with Gasteiger partial charge in [-0.1, -0.05) is 0 Å². The summed E-state index contributed by atoms with van der Waals surface area (Å²) in [6.45, 7) is 0. The van der Waals surface area contributed by atoms with E-state index in [1.807, 2.05) is 0 Å². The molecule has 0 rings (SSSR count). The summed E-state index contributed by atoms with van der Waals surface area (Å²) in [6.07, 6.45) is 0. The quantitative estimate of drug-likeness (QED) is 0.529. The van der Waals surface area contributed by atoms with Gasteiger partial charge in [-0.3, -0.25) is 0 Å². The smallest absolute Gasteiger partial charge is 0.0832 e. The Morgan fingerprint density at radius 2 is 1.25 bits per heavy atom. The minimum absolute atomic E-state index is 0. The first-order chi connectivity index (χ1) is 1.41.